The van der Waals surface area contributed by atoms with Crippen molar-refractivity contribution in [2.45, 2.75) is 57.0 Å². The lowest BCUT2D eigenvalue weighted by Crippen LogP contribution is -2.30. The maximum atomic E-state index is 13.8. The highest BCUT2D eigenvalue weighted by Crippen LogP contribution is 2.40. The van der Waals surface area contributed by atoms with Gasteiger partial charge >= 0.3 is 0 Å². The first-order chi connectivity index (χ1) is 9.75. The van der Waals surface area contributed by atoms with Gasteiger partial charge < -0.3 is 4.74 Å². The largest absolute Gasteiger partial charge is 0.378 e. The fraction of sp³-hybridized carbons (Fsp3) is 0.647. The molecule has 2 aliphatic rings. The second-order valence-corrected chi connectivity index (χ2v) is 6.16. The molecular formula is C17H22F2O. The molecule has 0 aromatic heterocycles. The number of halogens is 2. The summed E-state index contributed by atoms with van der Waals surface area (Å²) in [6, 6.07) is 4.55. The summed E-state index contributed by atoms with van der Waals surface area (Å²) < 4.78 is 33.0. The minimum absolute atomic E-state index is 0.172. The lowest BCUT2D eigenvalue weighted by atomic mass is 9.75. The van der Waals surface area contributed by atoms with Crippen LogP contribution >= 0.6 is 0 Å². The van der Waals surface area contributed by atoms with Gasteiger partial charge in [0.25, 0.3) is 0 Å². The summed E-state index contributed by atoms with van der Waals surface area (Å²) in [4.78, 5) is 0. The zero-order valence-electron chi connectivity index (χ0n) is 11.8. The molecule has 1 nitrogen and oxygen atoms in total. The van der Waals surface area contributed by atoms with Gasteiger partial charge in [-0.3, -0.25) is 0 Å². The highest BCUT2D eigenvalue weighted by molar-refractivity contribution is 5.23. The van der Waals surface area contributed by atoms with E-state index in [2.05, 4.69) is 0 Å². The molecule has 1 saturated heterocycles. The molecule has 2 fully saturated rings. The molecule has 20 heavy (non-hydrogen) atoms. The van der Waals surface area contributed by atoms with E-state index in [1.54, 1.807) is 12.1 Å². The van der Waals surface area contributed by atoms with Gasteiger partial charge in [0, 0.05) is 6.61 Å². The van der Waals surface area contributed by atoms with Crippen LogP contribution in [0, 0.1) is 17.6 Å². The maximum absolute atomic E-state index is 13.8. The lowest BCUT2D eigenvalue weighted by Gasteiger charge is -2.36. The van der Waals surface area contributed by atoms with E-state index in [1.165, 1.54) is 25.3 Å². The summed E-state index contributed by atoms with van der Waals surface area (Å²) in [6.45, 7) is 0.892. The number of hydrogen-bond donors (Lipinski definition) is 0. The molecule has 0 radical (unpaired) electrons. The number of ether oxygens (including phenoxy) is 1. The molecule has 0 spiro atoms. The number of hydrogen-bond acceptors (Lipinski definition) is 1. The summed E-state index contributed by atoms with van der Waals surface area (Å²) in [5, 5.41) is 0. The minimum Gasteiger partial charge on any atom is -0.378 e. The van der Waals surface area contributed by atoms with E-state index in [4.69, 9.17) is 4.74 Å². The van der Waals surface area contributed by atoms with Crippen molar-refractivity contribution in [2.75, 3.05) is 6.61 Å². The number of rotatable bonds is 2. The summed E-state index contributed by atoms with van der Waals surface area (Å²) >= 11 is 0. The summed E-state index contributed by atoms with van der Waals surface area (Å²) in [5.74, 6) is -0.584. The van der Waals surface area contributed by atoms with E-state index in [-0.39, 0.29) is 5.92 Å². The van der Waals surface area contributed by atoms with E-state index in [0.29, 0.717) is 17.6 Å². The Balaban J connectivity index is 1.62. The van der Waals surface area contributed by atoms with Crippen LogP contribution in [0.15, 0.2) is 18.2 Å². The van der Waals surface area contributed by atoms with Gasteiger partial charge in [0.05, 0.1) is 6.10 Å². The van der Waals surface area contributed by atoms with Crippen molar-refractivity contribution in [1.82, 2.24) is 0 Å². The zero-order valence-corrected chi connectivity index (χ0v) is 11.8. The van der Waals surface area contributed by atoms with Crippen molar-refractivity contribution in [1.29, 1.82) is 0 Å². The molecule has 3 heteroatoms. The normalized spacial score (nSPS) is 31.2. The highest BCUT2D eigenvalue weighted by Gasteiger charge is 2.31. The van der Waals surface area contributed by atoms with E-state index in [1.807, 2.05) is 0 Å². The smallest absolute Gasteiger partial charge is 0.162 e. The van der Waals surface area contributed by atoms with Crippen molar-refractivity contribution in [3.8, 4) is 0 Å². The molecule has 1 atom stereocenters. The van der Waals surface area contributed by atoms with Gasteiger partial charge in [0.2, 0.25) is 0 Å². The predicted octanol–water partition coefficient (Wildman–Crippen LogP) is 4.81. The molecular weight excluding hydrogens is 258 g/mol. The molecule has 1 aromatic carbocycles. The van der Waals surface area contributed by atoms with E-state index >= 15 is 0 Å². The van der Waals surface area contributed by atoms with Crippen LogP contribution in [0.2, 0.25) is 0 Å². The van der Waals surface area contributed by atoms with Crippen LogP contribution in [0.25, 0.3) is 0 Å². The Morgan fingerprint density at radius 1 is 0.950 bits per heavy atom. The molecule has 1 saturated carbocycles. The fourth-order valence-electron chi connectivity index (χ4n) is 3.78. The average molecular weight is 280 g/mol. The minimum atomic E-state index is -0.722. The Morgan fingerprint density at radius 3 is 2.45 bits per heavy atom. The molecule has 1 heterocycles. The summed E-state index contributed by atoms with van der Waals surface area (Å²) in [7, 11) is 0. The molecule has 1 aliphatic heterocycles. The van der Waals surface area contributed by atoms with Crippen molar-refractivity contribution in [3.05, 3.63) is 35.4 Å². The highest BCUT2D eigenvalue weighted by atomic mass is 19.2. The maximum Gasteiger partial charge on any atom is 0.162 e. The second kappa shape index (κ2) is 6.21. The fourth-order valence-corrected chi connectivity index (χ4v) is 3.78. The molecule has 1 unspecified atom stereocenters. The van der Waals surface area contributed by atoms with Crippen LogP contribution in [-0.4, -0.2) is 12.7 Å². The zero-order chi connectivity index (χ0) is 13.9. The molecule has 1 aromatic rings. The summed E-state index contributed by atoms with van der Waals surface area (Å²) in [5.41, 5.74) is 0.563. The van der Waals surface area contributed by atoms with Gasteiger partial charge in [0.1, 0.15) is 0 Å². The van der Waals surface area contributed by atoms with Crippen molar-refractivity contribution in [3.63, 3.8) is 0 Å². The van der Waals surface area contributed by atoms with Gasteiger partial charge in [-0.05, 0) is 68.4 Å². The standard InChI is InChI=1S/C17H22F2O/c18-15-5-3-4-14(17(15)19)12-7-9-13(10-8-12)16-6-1-2-11-20-16/h3-5,12-13,16H,1-2,6-11H2. The van der Waals surface area contributed by atoms with E-state index in [0.717, 1.165) is 32.3 Å². The third kappa shape index (κ3) is 2.88. The first-order valence-electron chi connectivity index (χ1n) is 7.81. The van der Waals surface area contributed by atoms with Gasteiger partial charge in [-0.15, -0.1) is 0 Å². The van der Waals surface area contributed by atoms with Crippen LogP contribution in [-0.2, 0) is 4.74 Å². The quantitative estimate of drug-likeness (QED) is 0.755. The third-order valence-corrected chi connectivity index (χ3v) is 4.93. The van der Waals surface area contributed by atoms with E-state index in [9.17, 15) is 8.78 Å². The third-order valence-electron chi connectivity index (χ3n) is 4.93. The monoisotopic (exact) mass is 280 g/mol. The van der Waals surface area contributed by atoms with Gasteiger partial charge in [-0.25, -0.2) is 8.78 Å². The molecule has 0 amide bonds. The Bertz CT molecular complexity index is 446. The second-order valence-electron chi connectivity index (χ2n) is 6.16. The SMILES string of the molecule is Fc1cccc(C2CCC(C3CCCCO3)CC2)c1F. The predicted molar refractivity (Wildman–Crippen MR) is 74.6 cm³/mol. The van der Waals surface area contributed by atoms with Gasteiger partial charge in [0.15, 0.2) is 11.6 Å². The Kier molecular flexibility index (Phi) is 4.35. The van der Waals surface area contributed by atoms with Crippen molar-refractivity contribution in [2.24, 2.45) is 5.92 Å². The molecule has 0 N–H and O–H groups in total. The van der Waals surface area contributed by atoms with E-state index < -0.39 is 11.6 Å². The van der Waals surface area contributed by atoms with Crippen LogP contribution in [0.4, 0.5) is 8.78 Å². The van der Waals surface area contributed by atoms with Gasteiger partial charge in [-0.2, -0.15) is 0 Å². The molecule has 3 rings (SSSR count). The van der Waals surface area contributed by atoms with Crippen molar-refractivity contribution < 1.29 is 13.5 Å². The molecule has 1 aliphatic carbocycles. The van der Waals surface area contributed by atoms with Crippen molar-refractivity contribution >= 4 is 0 Å². The van der Waals surface area contributed by atoms with Crippen LogP contribution in [0.3, 0.4) is 0 Å². The first-order valence-corrected chi connectivity index (χ1v) is 7.81. The molecule has 0 bridgehead atoms. The van der Waals surface area contributed by atoms with Crippen LogP contribution in [0.1, 0.15) is 56.4 Å². The first kappa shape index (κ1) is 14.0. The summed E-state index contributed by atoms with van der Waals surface area (Å²) in [6.07, 6.45) is 8.07. The Morgan fingerprint density at radius 2 is 1.75 bits per heavy atom. The average Bonchev–Trinajstić information content (AvgIpc) is 2.51. The Hall–Kier alpha value is -0.960. The topological polar surface area (TPSA) is 9.23 Å². The van der Waals surface area contributed by atoms with Crippen LogP contribution < -0.4 is 0 Å². The number of benzene rings is 1. The Labute approximate surface area is 119 Å². The van der Waals surface area contributed by atoms with Gasteiger partial charge in [-0.1, -0.05) is 12.1 Å². The van der Waals surface area contributed by atoms with Crippen LogP contribution in [0.5, 0.6) is 0 Å². The lowest BCUT2D eigenvalue weighted by molar-refractivity contribution is -0.0318. The molecule has 110 valence electrons.